The molecule has 0 saturated carbocycles. The molecule has 0 bridgehead atoms. The van der Waals surface area contributed by atoms with Crippen molar-refractivity contribution in [1.82, 2.24) is 14.8 Å². The number of benzene rings is 1. The van der Waals surface area contributed by atoms with Gasteiger partial charge in [-0.2, -0.15) is 0 Å². The molecule has 1 fully saturated rings. The molecule has 1 amide bonds. The molecule has 23 heavy (non-hydrogen) atoms. The standard InChI is InChI=1S/C18H22N4O/c23-18(14-20-16-6-2-1-3-7-16)22-12-10-21(11-13-22)15-17-8-4-5-9-19-17/h1-9,20H,10-15H2. The van der Waals surface area contributed by atoms with Gasteiger partial charge >= 0.3 is 0 Å². The summed E-state index contributed by atoms with van der Waals surface area (Å²) in [5.74, 6) is 0.159. The molecule has 0 atom stereocenters. The normalized spacial score (nSPS) is 15.4. The highest BCUT2D eigenvalue weighted by molar-refractivity contribution is 5.81. The lowest BCUT2D eigenvalue weighted by Gasteiger charge is -2.34. The fraction of sp³-hybridized carbons (Fsp3) is 0.333. The first kappa shape index (κ1) is 15.5. The number of nitrogens with zero attached hydrogens (tertiary/aromatic N) is 3. The van der Waals surface area contributed by atoms with E-state index in [1.54, 1.807) is 0 Å². The molecule has 1 aromatic heterocycles. The van der Waals surface area contributed by atoms with Gasteiger partial charge in [0.15, 0.2) is 0 Å². The molecule has 120 valence electrons. The van der Waals surface area contributed by atoms with Gasteiger partial charge in [-0.3, -0.25) is 14.7 Å². The lowest BCUT2D eigenvalue weighted by molar-refractivity contribution is -0.131. The number of hydrogen-bond donors (Lipinski definition) is 1. The van der Waals surface area contributed by atoms with Crippen LogP contribution in [0, 0.1) is 0 Å². The molecule has 0 aliphatic carbocycles. The van der Waals surface area contributed by atoms with Gasteiger partial charge in [0, 0.05) is 44.6 Å². The van der Waals surface area contributed by atoms with E-state index in [2.05, 4.69) is 15.2 Å². The van der Waals surface area contributed by atoms with E-state index in [1.807, 2.05) is 59.6 Å². The van der Waals surface area contributed by atoms with Crippen molar-refractivity contribution >= 4 is 11.6 Å². The van der Waals surface area contributed by atoms with Crippen molar-refractivity contribution in [1.29, 1.82) is 0 Å². The first-order valence-electron chi connectivity index (χ1n) is 8.00. The van der Waals surface area contributed by atoms with Crippen LogP contribution in [0.5, 0.6) is 0 Å². The highest BCUT2D eigenvalue weighted by Crippen LogP contribution is 2.08. The summed E-state index contributed by atoms with van der Waals surface area (Å²) in [5.41, 5.74) is 2.06. The van der Waals surface area contributed by atoms with Gasteiger partial charge in [0.25, 0.3) is 0 Å². The Labute approximate surface area is 136 Å². The monoisotopic (exact) mass is 310 g/mol. The van der Waals surface area contributed by atoms with E-state index in [-0.39, 0.29) is 5.91 Å². The molecule has 1 N–H and O–H groups in total. The Morgan fingerprint density at radius 1 is 1.00 bits per heavy atom. The van der Waals surface area contributed by atoms with Crippen molar-refractivity contribution in [2.45, 2.75) is 6.54 Å². The van der Waals surface area contributed by atoms with E-state index in [0.717, 1.165) is 44.1 Å². The van der Waals surface area contributed by atoms with Gasteiger partial charge < -0.3 is 10.2 Å². The second kappa shape index (κ2) is 7.74. The Balaban J connectivity index is 1.42. The summed E-state index contributed by atoms with van der Waals surface area (Å²) < 4.78 is 0. The van der Waals surface area contributed by atoms with Gasteiger partial charge in [-0.25, -0.2) is 0 Å². The summed E-state index contributed by atoms with van der Waals surface area (Å²) in [5, 5.41) is 3.18. The lowest BCUT2D eigenvalue weighted by Crippen LogP contribution is -2.49. The third-order valence-corrected chi connectivity index (χ3v) is 4.05. The largest absolute Gasteiger partial charge is 0.376 e. The maximum absolute atomic E-state index is 12.3. The van der Waals surface area contributed by atoms with Gasteiger partial charge in [-0.05, 0) is 24.3 Å². The number of para-hydroxylation sites is 1. The quantitative estimate of drug-likeness (QED) is 0.915. The van der Waals surface area contributed by atoms with Crippen molar-refractivity contribution in [2.75, 3.05) is 38.0 Å². The first-order valence-corrected chi connectivity index (χ1v) is 8.00. The fourth-order valence-electron chi connectivity index (χ4n) is 2.72. The molecule has 1 aliphatic heterocycles. The molecule has 1 saturated heterocycles. The molecular weight excluding hydrogens is 288 g/mol. The number of aromatic nitrogens is 1. The predicted octanol–water partition coefficient (Wildman–Crippen LogP) is 1.84. The Morgan fingerprint density at radius 2 is 1.74 bits per heavy atom. The first-order chi connectivity index (χ1) is 11.3. The smallest absolute Gasteiger partial charge is 0.241 e. The maximum atomic E-state index is 12.3. The minimum atomic E-state index is 0.159. The number of piperazine rings is 1. The van der Waals surface area contributed by atoms with Crippen LogP contribution in [0.2, 0.25) is 0 Å². The summed E-state index contributed by atoms with van der Waals surface area (Å²) in [6.45, 7) is 4.56. The van der Waals surface area contributed by atoms with Crippen molar-refractivity contribution in [2.24, 2.45) is 0 Å². The fourth-order valence-corrected chi connectivity index (χ4v) is 2.72. The van der Waals surface area contributed by atoms with Gasteiger partial charge in [-0.1, -0.05) is 24.3 Å². The predicted molar refractivity (Wildman–Crippen MR) is 91.0 cm³/mol. The second-order valence-corrected chi connectivity index (χ2v) is 5.70. The van der Waals surface area contributed by atoms with E-state index in [9.17, 15) is 4.79 Å². The molecule has 0 unspecified atom stereocenters. The Kier molecular flexibility index (Phi) is 5.21. The van der Waals surface area contributed by atoms with Crippen LogP contribution in [-0.2, 0) is 11.3 Å². The molecule has 5 nitrogen and oxygen atoms in total. The molecule has 1 aromatic carbocycles. The molecular formula is C18H22N4O. The van der Waals surface area contributed by atoms with E-state index in [0.29, 0.717) is 6.54 Å². The summed E-state index contributed by atoms with van der Waals surface area (Å²) in [4.78, 5) is 20.9. The number of nitrogens with one attached hydrogen (secondary N) is 1. The van der Waals surface area contributed by atoms with Gasteiger partial charge in [-0.15, -0.1) is 0 Å². The summed E-state index contributed by atoms with van der Waals surface area (Å²) in [6, 6.07) is 15.8. The highest BCUT2D eigenvalue weighted by atomic mass is 16.2. The van der Waals surface area contributed by atoms with Crippen molar-refractivity contribution in [3.63, 3.8) is 0 Å². The lowest BCUT2D eigenvalue weighted by atomic mass is 10.2. The maximum Gasteiger partial charge on any atom is 0.241 e. The summed E-state index contributed by atoms with van der Waals surface area (Å²) >= 11 is 0. The zero-order valence-electron chi connectivity index (χ0n) is 13.2. The molecule has 1 aliphatic rings. The van der Waals surface area contributed by atoms with Crippen LogP contribution in [0.1, 0.15) is 5.69 Å². The van der Waals surface area contributed by atoms with Crippen LogP contribution in [0.15, 0.2) is 54.7 Å². The summed E-state index contributed by atoms with van der Waals surface area (Å²) in [7, 11) is 0. The van der Waals surface area contributed by atoms with Crippen LogP contribution in [0.25, 0.3) is 0 Å². The van der Waals surface area contributed by atoms with E-state index in [4.69, 9.17) is 0 Å². The van der Waals surface area contributed by atoms with E-state index < -0.39 is 0 Å². The van der Waals surface area contributed by atoms with Gasteiger partial charge in [0.1, 0.15) is 0 Å². The van der Waals surface area contributed by atoms with Crippen LogP contribution >= 0.6 is 0 Å². The molecule has 5 heteroatoms. The van der Waals surface area contributed by atoms with Crippen LogP contribution in [-0.4, -0.2) is 53.4 Å². The number of anilines is 1. The van der Waals surface area contributed by atoms with Crippen molar-refractivity contribution in [3.8, 4) is 0 Å². The number of rotatable bonds is 5. The molecule has 0 spiro atoms. The van der Waals surface area contributed by atoms with Crippen LogP contribution in [0.4, 0.5) is 5.69 Å². The number of pyridine rings is 1. The van der Waals surface area contributed by atoms with Crippen molar-refractivity contribution < 1.29 is 4.79 Å². The SMILES string of the molecule is O=C(CNc1ccccc1)N1CCN(Cc2ccccn2)CC1. The Morgan fingerprint density at radius 3 is 2.43 bits per heavy atom. The topological polar surface area (TPSA) is 48.5 Å². The second-order valence-electron chi connectivity index (χ2n) is 5.70. The average Bonchev–Trinajstić information content (AvgIpc) is 2.62. The highest BCUT2D eigenvalue weighted by Gasteiger charge is 2.20. The third-order valence-electron chi connectivity index (χ3n) is 4.05. The van der Waals surface area contributed by atoms with E-state index in [1.165, 1.54) is 0 Å². The third kappa shape index (κ3) is 4.53. The number of carbonyl (C=O) groups is 1. The minimum Gasteiger partial charge on any atom is -0.376 e. The van der Waals surface area contributed by atoms with Crippen molar-refractivity contribution in [3.05, 3.63) is 60.4 Å². The average molecular weight is 310 g/mol. The Hall–Kier alpha value is -2.40. The molecule has 3 rings (SSSR count). The zero-order chi connectivity index (χ0) is 15.9. The summed E-state index contributed by atoms with van der Waals surface area (Å²) in [6.07, 6.45) is 1.82. The van der Waals surface area contributed by atoms with Crippen LogP contribution in [0.3, 0.4) is 0 Å². The molecule has 0 radical (unpaired) electrons. The number of hydrogen-bond acceptors (Lipinski definition) is 4. The zero-order valence-corrected chi connectivity index (χ0v) is 13.2. The molecule has 2 aromatic rings. The molecule has 2 heterocycles. The van der Waals surface area contributed by atoms with Crippen LogP contribution < -0.4 is 5.32 Å². The number of amides is 1. The van der Waals surface area contributed by atoms with Gasteiger partial charge in [0.2, 0.25) is 5.91 Å². The minimum absolute atomic E-state index is 0.159. The van der Waals surface area contributed by atoms with E-state index >= 15 is 0 Å². The Bertz CT molecular complexity index is 609. The number of carbonyl (C=O) groups excluding carboxylic acids is 1. The van der Waals surface area contributed by atoms with Gasteiger partial charge in [0.05, 0.1) is 12.2 Å².